The van der Waals surface area contributed by atoms with Crippen molar-refractivity contribution in [2.45, 2.75) is 51.1 Å². The average Bonchev–Trinajstić information content (AvgIpc) is 3.14. The van der Waals surface area contributed by atoms with Crippen LogP contribution in [-0.2, 0) is 11.2 Å². The smallest absolute Gasteiger partial charge is 0.460 e. The monoisotopic (exact) mass is 523 g/mol. The number of hydrazone groups is 1. The number of nitrogens with zero attached hydrogens (tertiary/aromatic N) is 1. The number of hydrogen-bond acceptors (Lipinski definition) is 5. The number of methoxy groups -OCH3 is 1. The van der Waals surface area contributed by atoms with Gasteiger partial charge in [0.05, 0.1) is 18.5 Å². The van der Waals surface area contributed by atoms with E-state index in [0.717, 1.165) is 11.0 Å². The number of furan rings is 1. The number of carbonyl (C=O) groups is 2. The maximum atomic E-state index is 13.6. The molecule has 1 aliphatic carbocycles. The van der Waals surface area contributed by atoms with E-state index < -0.39 is 29.8 Å². The van der Waals surface area contributed by atoms with Gasteiger partial charge < -0.3 is 14.5 Å². The van der Waals surface area contributed by atoms with Crippen molar-refractivity contribution in [1.82, 2.24) is 5.43 Å². The molecular formula is C22H20F7N3O4. The van der Waals surface area contributed by atoms with E-state index in [-0.39, 0.29) is 34.8 Å². The second kappa shape index (κ2) is 9.47. The van der Waals surface area contributed by atoms with E-state index in [2.05, 4.69) is 10.4 Å². The van der Waals surface area contributed by atoms with E-state index in [1.54, 1.807) is 25.1 Å². The van der Waals surface area contributed by atoms with Gasteiger partial charge in [-0.3, -0.25) is 9.59 Å². The molecule has 0 spiro atoms. The number of aryl methyl sites for hydroxylation is 2. The Kier molecular flexibility index (Phi) is 7.10. The Bertz CT molecular complexity index is 1220. The second-order valence-electron chi connectivity index (χ2n) is 8.01. The Hall–Kier alpha value is -3.58. The zero-order chi connectivity index (χ0) is 27.1. The first-order valence-corrected chi connectivity index (χ1v) is 10.4. The predicted octanol–water partition coefficient (Wildman–Crippen LogP) is 5.15. The van der Waals surface area contributed by atoms with Crippen molar-refractivity contribution in [3.63, 3.8) is 0 Å². The van der Waals surface area contributed by atoms with Gasteiger partial charge in [0, 0.05) is 17.5 Å². The molecule has 0 saturated carbocycles. The maximum absolute atomic E-state index is 13.6. The number of nitrogens with one attached hydrogen (secondary N) is 2. The zero-order valence-electron chi connectivity index (χ0n) is 19.1. The van der Waals surface area contributed by atoms with E-state index in [0.29, 0.717) is 24.3 Å². The molecular weight excluding hydrogens is 503 g/mol. The number of rotatable bonds is 6. The number of alkyl halides is 7. The molecule has 0 bridgehead atoms. The molecule has 0 aliphatic heterocycles. The minimum absolute atomic E-state index is 0.0433. The maximum Gasteiger partial charge on any atom is 0.460 e. The zero-order valence-corrected chi connectivity index (χ0v) is 19.1. The molecule has 2 aromatic rings. The molecule has 14 heteroatoms. The number of benzene rings is 1. The fourth-order valence-electron chi connectivity index (χ4n) is 3.60. The van der Waals surface area contributed by atoms with E-state index in [1.807, 2.05) is 0 Å². The normalized spacial score (nSPS) is 15.4. The van der Waals surface area contributed by atoms with Crippen molar-refractivity contribution < 1.29 is 49.5 Å². The molecule has 36 heavy (non-hydrogen) atoms. The van der Waals surface area contributed by atoms with Gasteiger partial charge in [0.1, 0.15) is 11.5 Å². The molecule has 1 aromatic carbocycles. The van der Waals surface area contributed by atoms with Gasteiger partial charge in [0.2, 0.25) is 0 Å². The van der Waals surface area contributed by atoms with Crippen LogP contribution >= 0.6 is 0 Å². The average molecular weight is 523 g/mol. The third kappa shape index (κ3) is 4.75. The van der Waals surface area contributed by atoms with Gasteiger partial charge in [0.15, 0.2) is 5.76 Å². The lowest BCUT2D eigenvalue weighted by Crippen LogP contribution is -2.58. The Balaban J connectivity index is 1.88. The van der Waals surface area contributed by atoms with Crippen molar-refractivity contribution >= 4 is 23.2 Å². The van der Waals surface area contributed by atoms with Crippen LogP contribution in [0.3, 0.4) is 0 Å². The summed E-state index contributed by atoms with van der Waals surface area (Å²) in [6.07, 6.45) is -6.01. The van der Waals surface area contributed by atoms with E-state index in [1.165, 1.54) is 14.0 Å². The topological polar surface area (TPSA) is 92.9 Å². The predicted molar refractivity (Wildman–Crippen MR) is 113 cm³/mol. The van der Waals surface area contributed by atoms with Crippen molar-refractivity contribution in [3.05, 3.63) is 46.4 Å². The molecule has 196 valence electrons. The number of halogens is 7. The lowest BCUT2D eigenvalue weighted by molar-refractivity contribution is -0.344. The number of anilines is 1. The van der Waals surface area contributed by atoms with Gasteiger partial charge in [-0.15, -0.1) is 0 Å². The molecule has 0 saturated heterocycles. The summed E-state index contributed by atoms with van der Waals surface area (Å²) in [5.74, 6) is -15.9. The molecule has 7 nitrogen and oxygen atoms in total. The highest BCUT2D eigenvalue weighted by atomic mass is 19.4. The summed E-state index contributed by atoms with van der Waals surface area (Å²) in [6.45, 7) is 3.23. The third-order valence-corrected chi connectivity index (χ3v) is 5.46. The largest absolute Gasteiger partial charge is 0.495 e. The summed E-state index contributed by atoms with van der Waals surface area (Å²) in [7, 11) is 1.41. The molecule has 1 heterocycles. The lowest BCUT2D eigenvalue weighted by atomic mass is 9.93. The molecule has 2 N–H and O–H groups in total. The first-order chi connectivity index (χ1) is 16.6. The van der Waals surface area contributed by atoms with Gasteiger partial charge in [-0.1, -0.05) is 6.07 Å². The van der Waals surface area contributed by atoms with Crippen LogP contribution in [0.15, 0.2) is 27.7 Å². The summed E-state index contributed by atoms with van der Waals surface area (Å²) in [5.41, 5.74) is 2.50. The van der Waals surface area contributed by atoms with Crippen LogP contribution in [0.4, 0.5) is 36.4 Å². The quantitative estimate of drug-likeness (QED) is 0.405. The van der Waals surface area contributed by atoms with Crippen LogP contribution in [-0.4, -0.2) is 42.7 Å². The fraction of sp³-hybridized carbons (Fsp3) is 0.409. The van der Waals surface area contributed by atoms with Crippen LogP contribution in [0, 0.1) is 13.8 Å². The molecule has 1 aromatic heterocycles. The number of fused-ring (bicyclic) bond motifs is 1. The van der Waals surface area contributed by atoms with Crippen molar-refractivity contribution in [1.29, 1.82) is 0 Å². The number of amides is 2. The minimum Gasteiger partial charge on any atom is -0.495 e. The van der Waals surface area contributed by atoms with Gasteiger partial charge in [0.25, 0.3) is 5.91 Å². The molecule has 0 atom stereocenters. The standard InChI is InChI=1S/C22H20F7N3O4/c1-10-7-8-14(35-3)13(9-10)30-18(33)17-11(2)16-12(5-4-6-15(16)36-17)31-32-19(34)20(23,24)21(25,26)22(27,28)29/h7-9H,4-6H2,1-3H3,(H,30,33)(H,32,34)/b31-12+. The fourth-order valence-corrected chi connectivity index (χ4v) is 3.60. The molecule has 0 unspecified atom stereocenters. The Labute approximate surface area is 199 Å². The van der Waals surface area contributed by atoms with Gasteiger partial charge in [-0.05, 0) is 44.4 Å². The molecule has 3 rings (SSSR count). The highest BCUT2D eigenvalue weighted by molar-refractivity contribution is 6.09. The van der Waals surface area contributed by atoms with E-state index >= 15 is 0 Å². The van der Waals surface area contributed by atoms with Gasteiger partial charge in [-0.2, -0.15) is 35.8 Å². The van der Waals surface area contributed by atoms with Crippen molar-refractivity contribution in [2.24, 2.45) is 5.10 Å². The molecule has 1 aliphatic rings. The molecule has 0 fully saturated rings. The Morgan fingerprint density at radius 3 is 2.33 bits per heavy atom. The van der Waals surface area contributed by atoms with Gasteiger partial charge in [-0.25, -0.2) is 5.43 Å². The Morgan fingerprint density at radius 1 is 1.06 bits per heavy atom. The number of carbonyl (C=O) groups excluding carboxylic acids is 2. The minimum atomic E-state index is -6.66. The van der Waals surface area contributed by atoms with Crippen LogP contribution in [0.2, 0.25) is 0 Å². The van der Waals surface area contributed by atoms with E-state index in [4.69, 9.17) is 9.15 Å². The lowest BCUT2D eigenvalue weighted by Gasteiger charge is -2.26. The number of ether oxygens (including phenoxy) is 1. The molecule has 2 amide bonds. The highest BCUT2D eigenvalue weighted by Crippen LogP contribution is 2.46. The summed E-state index contributed by atoms with van der Waals surface area (Å²) in [5, 5.41) is 6.00. The van der Waals surface area contributed by atoms with Crippen LogP contribution < -0.4 is 15.5 Å². The van der Waals surface area contributed by atoms with E-state index in [9.17, 15) is 40.3 Å². The summed E-state index contributed by atoms with van der Waals surface area (Å²) in [6, 6.07) is 5.04. The SMILES string of the molecule is COc1ccc(C)cc1NC(=O)c1oc2c(c1C)/C(=N/NC(=O)C(F)(F)C(F)(F)C(F)(F)F)CCC2. The Morgan fingerprint density at radius 2 is 1.72 bits per heavy atom. The second-order valence-corrected chi connectivity index (χ2v) is 8.01. The first kappa shape index (κ1) is 27.0. The summed E-state index contributed by atoms with van der Waals surface area (Å²) in [4.78, 5) is 24.4. The van der Waals surface area contributed by atoms with Gasteiger partial charge >= 0.3 is 23.9 Å². The van der Waals surface area contributed by atoms with Crippen molar-refractivity contribution in [2.75, 3.05) is 12.4 Å². The summed E-state index contributed by atoms with van der Waals surface area (Å²) < 4.78 is 101. The third-order valence-electron chi connectivity index (χ3n) is 5.46. The summed E-state index contributed by atoms with van der Waals surface area (Å²) >= 11 is 0. The van der Waals surface area contributed by atoms with Crippen LogP contribution in [0.5, 0.6) is 5.75 Å². The molecule has 0 radical (unpaired) electrons. The number of hydrogen-bond donors (Lipinski definition) is 2. The highest BCUT2D eigenvalue weighted by Gasteiger charge is 2.76. The van der Waals surface area contributed by atoms with Crippen LogP contribution in [0.1, 0.15) is 45.8 Å². The van der Waals surface area contributed by atoms with Crippen LogP contribution in [0.25, 0.3) is 0 Å². The first-order valence-electron chi connectivity index (χ1n) is 10.4. The van der Waals surface area contributed by atoms with Crippen molar-refractivity contribution in [3.8, 4) is 5.75 Å².